The molecule has 0 aliphatic rings. The number of carbonyl (C=O) groups excluding carboxylic acids is 4. The number of allylic oxidation sites excluding steroid dienone is 8. The quantitative estimate of drug-likeness (QED) is 0.0196. The van der Waals surface area contributed by atoms with E-state index in [1.807, 2.05) is 0 Å². The number of esters is 4. The zero-order valence-electron chi connectivity index (χ0n) is 64.1. The van der Waals surface area contributed by atoms with Crippen molar-refractivity contribution in [2.75, 3.05) is 39.6 Å². The number of hydrogen-bond donors (Lipinski definition) is 1. The van der Waals surface area contributed by atoms with E-state index in [0.29, 0.717) is 25.7 Å². The van der Waals surface area contributed by atoms with Gasteiger partial charge in [0.15, 0.2) is 12.2 Å². The van der Waals surface area contributed by atoms with Crippen LogP contribution in [0.2, 0.25) is 0 Å². The molecule has 1 N–H and O–H groups in total. The van der Waals surface area contributed by atoms with Crippen molar-refractivity contribution >= 4 is 39.5 Å². The predicted molar refractivity (Wildman–Crippen MR) is 405 cm³/mol. The second-order valence-electron chi connectivity index (χ2n) is 27.7. The summed E-state index contributed by atoms with van der Waals surface area (Å²) < 4.78 is 67.8. The van der Waals surface area contributed by atoms with E-state index in [0.717, 1.165) is 154 Å². The highest BCUT2D eigenvalue weighted by Gasteiger charge is 2.25. The smallest absolute Gasteiger partial charge is 0.306 e. The Kier molecular flexibility index (Phi) is 72.1. The molecule has 19 heteroatoms. The van der Waals surface area contributed by atoms with Gasteiger partial charge in [-0.05, 0) is 128 Å². The van der Waals surface area contributed by atoms with Crippen LogP contribution in [0.15, 0.2) is 48.6 Å². The molecule has 4 atom stereocenters. The third-order valence-electron chi connectivity index (χ3n) is 17.7. The highest BCUT2D eigenvalue weighted by molar-refractivity contribution is 7.46. The molecule has 0 spiro atoms. The second-order valence-corrected chi connectivity index (χ2v) is 30.5. The Bertz CT molecular complexity index is 1940. The monoisotopic (exact) mass is 1460 g/mol. The van der Waals surface area contributed by atoms with Crippen molar-refractivity contribution in [1.29, 1.82) is 0 Å². The molecule has 0 rings (SSSR count). The lowest BCUT2D eigenvalue weighted by Gasteiger charge is -2.28. The highest BCUT2D eigenvalue weighted by atomic mass is 31.2. The van der Waals surface area contributed by atoms with Crippen molar-refractivity contribution in [2.45, 2.75) is 406 Å². The zero-order chi connectivity index (χ0) is 73.2. The zero-order valence-corrected chi connectivity index (χ0v) is 65.9. The first-order chi connectivity index (χ1) is 48.7. The molecular formula is C81H148O17P2-2. The number of unbranched alkanes of at least 4 members (excludes halogenated alkanes) is 44. The van der Waals surface area contributed by atoms with Gasteiger partial charge in [0.25, 0.3) is 15.6 Å². The van der Waals surface area contributed by atoms with Gasteiger partial charge >= 0.3 is 23.9 Å². The summed E-state index contributed by atoms with van der Waals surface area (Å²) in [6.07, 6.45) is 71.5. The number of ether oxygens (including phenoxy) is 4. The largest absolute Gasteiger partial charge is 0.756 e. The van der Waals surface area contributed by atoms with Crippen LogP contribution in [-0.4, -0.2) is 86.9 Å². The van der Waals surface area contributed by atoms with E-state index < -0.39 is 97.5 Å². The Morgan fingerprint density at radius 2 is 0.470 bits per heavy atom. The number of hydrogen-bond acceptors (Lipinski definition) is 17. The number of phosphoric ester groups is 2. The minimum atomic E-state index is -5.24. The van der Waals surface area contributed by atoms with Crippen LogP contribution in [0.3, 0.4) is 0 Å². The molecular weight excluding hydrogens is 1310 g/mol. The summed E-state index contributed by atoms with van der Waals surface area (Å²) in [4.78, 5) is 77.6. The van der Waals surface area contributed by atoms with Crippen molar-refractivity contribution in [3.8, 4) is 0 Å². The van der Waals surface area contributed by atoms with Crippen LogP contribution in [0.4, 0.5) is 0 Å². The normalized spacial score (nSPS) is 14.1. The van der Waals surface area contributed by atoms with Crippen LogP contribution >= 0.6 is 15.6 Å². The fourth-order valence-electron chi connectivity index (χ4n) is 11.4. The van der Waals surface area contributed by atoms with Crippen LogP contribution in [0.25, 0.3) is 0 Å². The molecule has 0 aromatic heterocycles. The van der Waals surface area contributed by atoms with E-state index in [4.69, 9.17) is 37.0 Å². The topological polar surface area (TPSA) is 243 Å². The van der Waals surface area contributed by atoms with Crippen molar-refractivity contribution in [3.63, 3.8) is 0 Å². The van der Waals surface area contributed by atoms with Crippen molar-refractivity contribution in [2.24, 2.45) is 0 Å². The molecule has 0 saturated heterocycles. The van der Waals surface area contributed by atoms with Crippen molar-refractivity contribution < 1.29 is 80.2 Å². The van der Waals surface area contributed by atoms with Crippen LogP contribution in [-0.2, 0) is 65.4 Å². The highest BCUT2D eigenvalue weighted by Crippen LogP contribution is 2.41. The Morgan fingerprint density at radius 1 is 0.280 bits per heavy atom. The Morgan fingerprint density at radius 3 is 0.700 bits per heavy atom. The van der Waals surface area contributed by atoms with Crippen molar-refractivity contribution in [3.05, 3.63) is 48.6 Å². The summed E-state index contributed by atoms with van der Waals surface area (Å²) in [5, 5.41) is 10.6. The van der Waals surface area contributed by atoms with Gasteiger partial charge in [-0.15, -0.1) is 0 Å². The van der Waals surface area contributed by atoms with Crippen molar-refractivity contribution in [1.82, 2.24) is 0 Å². The molecule has 0 aliphatic heterocycles. The first-order valence-corrected chi connectivity index (χ1v) is 43.8. The van der Waals surface area contributed by atoms with Gasteiger partial charge in [0.2, 0.25) is 0 Å². The van der Waals surface area contributed by atoms with Gasteiger partial charge in [0.1, 0.15) is 19.3 Å². The molecule has 0 aromatic rings. The fraction of sp³-hybridized carbons (Fsp3) is 0.852. The average Bonchev–Trinajstić information content (AvgIpc) is 1.01. The van der Waals surface area contributed by atoms with Gasteiger partial charge in [0.05, 0.1) is 26.4 Å². The summed E-state index contributed by atoms with van der Waals surface area (Å²) in [5.41, 5.74) is 0. The fourth-order valence-corrected chi connectivity index (χ4v) is 13.0. The molecule has 0 aliphatic carbocycles. The van der Waals surface area contributed by atoms with E-state index >= 15 is 0 Å². The Hall–Kier alpha value is -2.98. The number of aliphatic hydroxyl groups is 1. The molecule has 0 heterocycles. The lowest BCUT2D eigenvalue weighted by molar-refractivity contribution is -0.233. The number of aliphatic hydroxyl groups excluding tert-OH is 1. The summed E-state index contributed by atoms with van der Waals surface area (Å²) in [6.45, 7) is 4.50. The Labute approximate surface area is 610 Å². The van der Waals surface area contributed by atoms with Gasteiger partial charge in [-0.3, -0.25) is 28.3 Å². The van der Waals surface area contributed by atoms with Gasteiger partial charge in [-0.25, -0.2) is 0 Å². The molecule has 17 nitrogen and oxygen atoms in total. The maximum Gasteiger partial charge on any atom is 0.306 e. The summed E-state index contributed by atoms with van der Waals surface area (Å²) in [6, 6.07) is 0. The van der Waals surface area contributed by atoms with Crippen LogP contribution < -0.4 is 9.79 Å². The van der Waals surface area contributed by atoms with E-state index in [2.05, 4.69) is 76.3 Å². The number of rotatable bonds is 78. The lowest BCUT2D eigenvalue weighted by Crippen LogP contribution is -2.31. The third kappa shape index (κ3) is 73.3. The van der Waals surface area contributed by atoms with E-state index in [1.54, 1.807) is 0 Å². The number of phosphoric acid groups is 2. The van der Waals surface area contributed by atoms with E-state index in [-0.39, 0.29) is 25.7 Å². The molecule has 0 amide bonds. The molecule has 0 aromatic carbocycles. The molecule has 0 bridgehead atoms. The van der Waals surface area contributed by atoms with Gasteiger partial charge in [0, 0.05) is 25.7 Å². The van der Waals surface area contributed by atoms with Crippen LogP contribution in [0, 0.1) is 0 Å². The molecule has 0 fully saturated rings. The minimum Gasteiger partial charge on any atom is -0.756 e. The van der Waals surface area contributed by atoms with E-state index in [9.17, 15) is 43.2 Å². The summed E-state index contributed by atoms with van der Waals surface area (Å²) >= 11 is 0. The lowest BCUT2D eigenvalue weighted by atomic mass is 10.1. The third-order valence-corrected chi connectivity index (χ3v) is 19.6. The predicted octanol–water partition coefficient (Wildman–Crippen LogP) is 22.4. The van der Waals surface area contributed by atoms with E-state index in [1.165, 1.54) is 154 Å². The maximum atomic E-state index is 13.0. The molecule has 0 radical (unpaired) electrons. The molecule has 2 unspecified atom stereocenters. The second kappa shape index (κ2) is 74.3. The molecule has 586 valence electrons. The van der Waals surface area contributed by atoms with Crippen LogP contribution in [0.5, 0.6) is 0 Å². The van der Waals surface area contributed by atoms with Gasteiger partial charge < -0.3 is 51.9 Å². The van der Waals surface area contributed by atoms with Gasteiger partial charge in [-0.2, -0.15) is 0 Å². The first kappa shape index (κ1) is 97.0. The average molecular weight is 1460 g/mol. The SMILES string of the molecule is CCCCCCCC/C=C\CCCCCCCC(=O)OC[C@H](COP(=O)([O-])OCC(O)COP(=O)([O-])OC[C@@H](COC(=O)CCCCCCC/C=C\CCCCCCCC)OC(=O)CCCCCCC/C=C\CCCCCCCC)OC(=O)CCCCCCC/C=C\CCCCCCCC. The minimum absolute atomic E-state index is 0.0677. The molecule has 0 saturated carbocycles. The molecule has 100 heavy (non-hydrogen) atoms. The summed E-state index contributed by atoms with van der Waals surface area (Å²) in [5.74, 6) is -2.27. The van der Waals surface area contributed by atoms with Gasteiger partial charge in [-0.1, -0.05) is 282 Å². The summed E-state index contributed by atoms with van der Waals surface area (Å²) in [7, 11) is -10.5. The number of carbonyl (C=O) groups is 4. The maximum absolute atomic E-state index is 13.0. The Balaban J connectivity index is 5.34. The standard InChI is InChI=1S/C81H150O17P2/c1-5-9-13-17-21-25-29-33-37-41-45-49-53-57-61-65-78(83)91-71-76(97-80(85)67-63-59-55-51-47-43-39-35-31-27-23-19-15-11-7-3)73-95-99(87,88)93-69-75(82)70-94-100(89,90)96-74-77(98-81(86)68-64-60-56-52-48-44-40-36-32-28-24-20-16-12-8-4)72-92-79(84)66-62-58-54-50-46-42-38-34-30-26-22-18-14-10-6-2/h33-40,75-77,82H,5-32,41-74H2,1-4H3,(H,87,88)(H,89,90)/p-2/b37-33-,38-34-,39-35-,40-36-/t76-,77-/m1/s1. The van der Waals surface area contributed by atoms with Crippen LogP contribution in [0.1, 0.15) is 387 Å². The first-order valence-electron chi connectivity index (χ1n) is 40.8.